The summed E-state index contributed by atoms with van der Waals surface area (Å²) in [5.74, 6) is 0. The fraction of sp³-hybridized carbons (Fsp3) is 0.611. The van der Waals surface area contributed by atoms with Gasteiger partial charge in [0.15, 0.2) is 0 Å². The lowest BCUT2D eigenvalue weighted by atomic mass is 10.1. The number of carbonyl (C=O) groups is 1. The Morgan fingerprint density at radius 2 is 1.83 bits per heavy atom. The number of amides is 2. The third-order valence-electron chi connectivity index (χ3n) is 5.00. The molecule has 0 spiro atoms. The zero-order chi connectivity index (χ0) is 16.9. The number of urea groups is 1. The van der Waals surface area contributed by atoms with Gasteiger partial charge in [-0.1, -0.05) is 0 Å². The van der Waals surface area contributed by atoms with E-state index in [4.69, 9.17) is 5.11 Å². The second kappa shape index (κ2) is 7.85. The summed E-state index contributed by atoms with van der Waals surface area (Å²) in [5, 5.41) is 12.0. The number of piperazine rings is 1. The molecule has 1 aromatic rings. The van der Waals surface area contributed by atoms with E-state index in [9.17, 15) is 4.79 Å². The molecule has 6 heteroatoms. The van der Waals surface area contributed by atoms with Crippen LogP contribution in [-0.4, -0.2) is 73.4 Å². The number of nitrogens with one attached hydrogen (secondary N) is 1. The van der Waals surface area contributed by atoms with Crippen molar-refractivity contribution >= 4 is 17.4 Å². The van der Waals surface area contributed by atoms with Crippen molar-refractivity contribution in [1.29, 1.82) is 0 Å². The van der Waals surface area contributed by atoms with E-state index in [0.29, 0.717) is 19.6 Å². The Balaban J connectivity index is 1.56. The van der Waals surface area contributed by atoms with Crippen molar-refractivity contribution in [2.75, 3.05) is 62.6 Å². The summed E-state index contributed by atoms with van der Waals surface area (Å²) in [5.41, 5.74) is 3.24. The zero-order valence-electron chi connectivity index (χ0n) is 14.5. The number of anilines is 2. The molecule has 6 nitrogen and oxygen atoms in total. The molecule has 2 N–H and O–H groups in total. The van der Waals surface area contributed by atoms with Gasteiger partial charge in [-0.2, -0.15) is 0 Å². The first-order valence-corrected chi connectivity index (χ1v) is 8.92. The molecule has 0 aliphatic carbocycles. The Bertz CT molecular complexity index is 564. The second-order valence-electron chi connectivity index (χ2n) is 6.68. The first-order valence-electron chi connectivity index (χ1n) is 8.92. The van der Waals surface area contributed by atoms with Gasteiger partial charge in [0.2, 0.25) is 0 Å². The monoisotopic (exact) mass is 332 g/mol. The van der Waals surface area contributed by atoms with Gasteiger partial charge in [0.05, 0.1) is 6.61 Å². The summed E-state index contributed by atoms with van der Waals surface area (Å²) >= 11 is 0. The molecular formula is C18H28N4O2. The summed E-state index contributed by atoms with van der Waals surface area (Å²) in [7, 11) is 0. The van der Waals surface area contributed by atoms with Crippen LogP contribution in [0.1, 0.15) is 18.4 Å². The largest absolute Gasteiger partial charge is 0.395 e. The van der Waals surface area contributed by atoms with Crippen LogP contribution in [0.15, 0.2) is 18.2 Å². The first-order chi connectivity index (χ1) is 11.7. The van der Waals surface area contributed by atoms with Crippen molar-refractivity contribution in [3.8, 4) is 0 Å². The number of β-amino-alcohol motifs (C(OH)–C–C–N with tert-alkyl or cyclic N) is 1. The predicted molar refractivity (Wildman–Crippen MR) is 96.7 cm³/mol. The van der Waals surface area contributed by atoms with Crippen LogP contribution in [0.2, 0.25) is 0 Å². The van der Waals surface area contributed by atoms with Crippen molar-refractivity contribution in [3.05, 3.63) is 23.8 Å². The smallest absolute Gasteiger partial charge is 0.321 e. The lowest BCUT2D eigenvalue weighted by molar-refractivity contribution is 0.127. The summed E-state index contributed by atoms with van der Waals surface area (Å²) in [6.45, 7) is 8.22. The first kappa shape index (κ1) is 17.0. The van der Waals surface area contributed by atoms with Gasteiger partial charge in [0, 0.05) is 57.2 Å². The molecule has 0 bridgehead atoms. The minimum Gasteiger partial charge on any atom is -0.395 e. The van der Waals surface area contributed by atoms with Crippen LogP contribution in [0.3, 0.4) is 0 Å². The minimum atomic E-state index is -0.0318. The molecule has 2 heterocycles. The van der Waals surface area contributed by atoms with Crippen LogP contribution in [0.4, 0.5) is 16.2 Å². The topological polar surface area (TPSA) is 59.1 Å². The van der Waals surface area contributed by atoms with Crippen molar-refractivity contribution in [2.24, 2.45) is 0 Å². The van der Waals surface area contributed by atoms with Gasteiger partial charge in [-0.3, -0.25) is 4.90 Å². The molecule has 0 aromatic heterocycles. The number of hydrogen-bond donors (Lipinski definition) is 2. The van der Waals surface area contributed by atoms with Gasteiger partial charge in [0.25, 0.3) is 0 Å². The van der Waals surface area contributed by atoms with Gasteiger partial charge in [0.1, 0.15) is 0 Å². The minimum absolute atomic E-state index is 0.0318. The number of rotatable bonds is 4. The summed E-state index contributed by atoms with van der Waals surface area (Å²) < 4.78 is 0. The summed E-state index contributed by atoms with van der Waals surface area (Å²) in [6, 6.07) is 6.26. The van der Waals surface area contributed by atoms with Crippen molar-refractivity contribution < 1.29 is 9.90 Å². The molecule has 2 amide bonds. The zero-order valence-corrected chi connectivity index (χ0v) is 14.5. The Kier molecular flexibility index (Phi) is 5.58. The Labute approximate surface area is 144 Å². The molecule has 132 valence electrons. The van der Waals surface area contributed by atoms with Gasteiger partial charge in [-0.05, 0) is 43.5 Å². The van der Waals surface area contributed by atoms with E-state index in [2.05, 4.69) is 27.2 Å². The molecule has 2 saturated heterocycles. The molecule has 1 aromatic carbocycles. The van der Waals surface area contributed by atoms with Gasteiger partial charge in [-0.25, -0.2) is 4.79 Å². The molecule has 2 aliphatic rings. The fourth-order valence-corrected chi connectivity index (χ4v) is 3.47. The quantitative estimate of drug-likeness (QED) is 0.882. The molecule has 0 radical (unpaired) electrons. The van der Waals surface area contributed by atoms with Crippen LogP contribution in [0, 0.1) is 6.92 Å². The van der Waals surface area contributed by atoms with Crippen LogP contribution < -0.4 is 10.2 Å². The van der Waals surface area contributed by atoms with Crippen LogP contribution in [0.5, 0.6) is 0 Å². The molecule has 2 fully saturated rings. The van der Waals surface area contributed by atoms with E-state index in [1.807, 2.05) is 17.9 Å². The number of hydrogen-bond acceptors (Lipinski definition) is 4. The van der Waals surface area contributed by atoms with Gasteiger partial charge >= 0.3 is 6.03 Å². The standard InChI is InChI=1S/C18H28N4O2/c1-15-14-16(21-6-2-3-7-21)4-5-17(15)19-18(24)22-10-8-20(9-11-22)12-13-23/h4-5,14,23H,2-3,6-13H2,1H3,(H,19,24). The predicted octanol–water partition coefficient (Wildman–Crippen LogP) is 1.74. The highest BCUT2D eigenvalue weighted by Crippen LogP contribution is 2.25. The third kappa shape index (κ3) is 3.99. The second-order valence-corrected chi connectivity index (χ2v) is 6.68. The maximum atomic E-state index is 12.5. The fourth-order valence-electron chi connectivity index (χ4n) is 3.47. The molecular weight excluding hydrogens is 304 g/mol. The molecule has 0 unspecified atom stereocenters. The van der Waals surface area contributed by atoms with Crippen molar-refractivity contribution in [2.45, 2.75) is 19.8 Å². The van der Waals surface area contributed by atoms with E-state index in [-0.39, 0.29) is 12.6 Å². The maximum Gasteiger partial charge on any atom is 0.321 e. The van der Waals surface area contributed by atoms with E-state index in [1.54, 1.807) is 0 Å². The molecule has 0 saturated carbocycles. The van der Waals surface area contributed by atoms with Gasteiger partial charge < -0.3 is 20.2 Å². The number of aliphatic hydroxyl groups is 1. The average molecular weight is 332 g/mol. The Hall–Kier alpha value is -1.79. The Morgan fingerprint density at radius 3 is 2.46 bits per heavy atom. The third-order valence-corrected chi connectivity index (χ3v) is 5.00. The van der Waals surface area contributed by atoms with Crippen LogP contribution >= 0.6 is 0 Å². The number of carbonyl (C=O) groups excluding carboxylic acids is 1. The Morgan fingerprint density at radius 1 is 1.12 bits per heavy atom. The van der Waals surface area contributed by atoms with E-state index >= 15 is 0 Å². The van der Waals surface area contributed by atoms with E-state index in [1.165, 1.54) is 18.5 Å². The van der Waals surface area contributed by atoms with E-state index in [0.717, 1.165) is 37.4 Å². The van der Waals surface area contributed by atoms with Gasteiger partial charge in [-0.15, -0.1) is 0 Å². The number of benzene rings is 1. The highest BCUT2D eigenvalue weighted by Gasteiger charge is 2.21. The molecule has 0 atom stereocenters. The maximum absolute atomic E-state index is 12.5. The number of nitrogens with zero attached hydrogens (tertiary/aromatic N) is 3. The lowest BCUT2D eigenvalue weighted by Gasteiger charge is -2.34. The van der Waals surface area contributed by atoms with E-state index < -0.39 is 0 Å². The highest BCUT2D eigenvalue weighted by molar-refractivity contribution is 5.90. The average Bonchev–Trinajstić information content (AvgIpc) is 3.12. The highest BCUT2D eigenvalue weighted by atomic mass is 16.3. The molecule has 24 heavy (non-hydrogen) atoms. The number of aliphatic hydroxyl groups excluding tert-OH is 1. The SMILES string of the molecule is Cc1cc(N2CCCC2)ccc1NC(=O)N1CCN(CCO)CC1. The van der Waals surface area contributed by atoms with Crippen LogP contribution in [-0.2, 0) is 0 Å². The van der Waals surface area contributed by atoms with Crippen molar-refractivity contribution in [1.82, 2.24) is 9.80 Å². The summed E-state index contributed by atoms with van der Waals surface area (Å²) in [6.07, 6.45) is 2.53. The molecule has 2 aliphatic heterocycles. The molecule has 3 rings (SSSR count). The van der Waals surface area contributed by atoms with Crippen LogP contribution in [0.25, 0.3) is 0 Å². The number of aryl methyl sites for hydroxylation is 1. The summed E-state index contributed by atoms with van der Waals surface area (Å²) in [4.78, 5) is 18.9. The normalized spacial score (nSPS) is 18.9. The van der Waals surface area contributed by atoms with Crippen molar-refractivity contribution in [3.63, 3.8) is 0 Å². The lowest BCUT2D eigenvalue weighted by Crippen LogP contribution is -2.50.